The van der Waals surface area contributed by atoms with Gasteiger partial charge < -0.3 is 10.5 Å². The Bertz CT molecular complexity index is 714. The number of hydrogen-bond acceptors (Lipinski definition) is 4. The summed E-state index contributed by atoms with van der Waals surface area (Å²) in [6, 6.07) is 16.3. The van der Waals surface area contributed by atoms with Crippen LogP contribution in [0.15, 0.2) is 59.7 Å². The van der Waals surface area contributed by atoms with Crippen molar-refractivity contribution in [3.05, 3.63) is 60.2 Å². The number of para-hydroxylation sites is 1. The minimum atomic E-state index is -0.290. The average Bonchev–Trinajstić information content (AvgIpc) is 3.09. The summed E-state index contributed by atoms with van der Waals surface area (Å²) >= 11 is 0. The molecule has 1 aliphatic heterocycles. The van der Waals surface area contributed by atoms with Crippen LogP contribution in [0.5, 0.6) is 11.5 Å². The molecule has 132 valence electrons. The smallest absolute Gasteiger partial charge is 0.257 e. The lowest BCUT2D eigenvalue weighted by Crippen LogP contribution is -2.38. The second kappa shape index (κ2) is 8.94. The summed E-state index contributed by atoms with van der Waals surface area (Å²) in [5.41, 5.74) is 6.27. The second-order valence-corrected chi connectivity index (χ2v) is 5.54. The van der Waals surface area contributed by atoms with Crippen molar-refractivity contribution in [2.75, 3.05) is 13.1 Å². The van der Waals surface area contributed by atoms with Crippen molar-refractivity contribution >= 4 is 24.3 Å². The zero-order valence-electron chi connectivity index (χ0n) is 13.7. The number of ether oxygens (including phenoxy) is 1. The molecule has 25 heavy (non-hydrogen) atoms. The maximum atomic E-state index is 12.2. The molecule has 1 aliphatic rings. The lowest BCUT2D eigenvalue weighted by Gasteiger charge is -2.12. The van der Waals surface area contributed by atoms with Crippen molar-refractivity contribution in [2.24, 2.45) is 10.8 Å². The SMILES string of the molecule is Cl.N/C(=N\N1CCCC1)NC(=O)c1ccc(Oc2ccccc2)cc1. The van der Waals surface area contributed by atoms with Crippen molar-refractivity contribution in [3.63, 3.8) is 0 Å². The highest BCUT2D eigenvalue weighted by molar-refractivity contribution is 6.05. The molecule has 0 radical (unpaired) electrons. The van der Waals surface area contributed by atoms with Crippen LogP contribution in [0.2, 0.25) is 0 Å². The number of nitrogens with zero attached hydrogens (tertiary/aromatic N) is 2. The summed E-state index contributed by atoms with van der Waals surface area (Å²) < 4.78 is 5.70. The number of benzene rings is 2. The molecule has 0 aliphatic carbocycles. The first-order valence-corrected chi connectivity index (χ1v) is 7.94. The molecule has 0 aromatic heterocycles. The lowest BCUT2D eigenvalue weighted by molar-refractivity contribution is 0.0976. The first kappa shape index (κ1) is 18.6. The van der Waals surface area contributed by atoms with Gasteiger partial charge in [0.15, 0.2) is 0 Å². The molecule has 1 fully saturated rings. The first-order chi connectivity index (χ1) is 11.7. The van der Waals surface area contributed by atoms with E-state index in [0.717, 1.165) is 31.7 Å². The molecule has 7 heteroatoms. The van der Waals surface area contributed by atoms with Gasteiger partial charge in [-0.25, -0.2) is 0 Å². The summed E-state index contributed by atoms with van der Waals surface area (Å²) in [6.07, 6.45) is 2.21. The van der Waals surface area contributed by atoms with Gasteiger partial charge in [-0.05, 0) is 49.2 Å². The highest BCUT2D eigenvalue weighted by Gasteiger charge is 2.11. The quantitative estimate of drug-likeness (QED) is 0.649. The van der Waals surface area contributed by atoms with Crippen molar-refractivity contribution in [3.8, 4) is 11.5 Å². The molecule has 0 unspecified atom stereocenters. The summed E-state index contributed by atoms with van der Waals surface area (Å²) in [5, 5.41) is 8.65. The van der Waals surface area contributed by atoms with E-state index in [1.807, 2.05) is 35.3 Å². The van der Waals surface area contributed by atoms with Crippen LogP contribution in [-0.4, -0.2) is 30.0 Å². The molecule has 1 amide bonds. The van der Waals surface area contributed by atoms with Crippen molar-refractivity contribution < 1.29 is 9.53 Å². The van der Waals surface area contributed by atoms with E-state index in [0.29, 0.717) is 11.3 Å². The van der Waals surface area contributed by atoms with E-state index in [4.69, 9.17) is 10.5 Å². The van der Waals surface area contributed by atoms with E-state index < -0.39 is 0 Å². The zero-order valence-corrected chi connectivity index (χ0v) is 14.5. The van der Waals surface area contributed by atoms with E-state index in [9.17, 15) is 4.79 Å². The fourth-order valence-corrected chi connectivity index (χ4v) is 2.47. The number of rotatable bonds is 4. The Labute approximate surface area is 153 Å². The normalized spacial score (nSPS) is 13.9. The summed E-state index contributed by atoms with van der Waals surface area (Å²) in [4.78, 5) is 12.2. The molecular weight excluding hydrogens is 340 g/mol. The lowest BCUT2D eigenvalue weighted by atomic mass is 10.2. The van der Waals surface area contributed by atoms with Gasteiger partial charge in [-0.2, -0.15) is 0 Å². The van der Waals surface area contributed by atoms with E-state index >= 15 is 0 Å². The Kier molecular flexibility index (Phi) is 6.65. The fourth-order valence-electron chi connectivity index (χ4n) is 2.47. The molecule has 6 nitrogen and oxygen atoms in total. The van der Waals surface area contributed by atoms with Crippen molar-refractivity contribution in [1.82, 2.24) is 10.3 Å². The molecule has 0 atom stereocenters. The Morgan fingerprint density at radius 3 is 2.24 bits per heavy atom. The highest BCUT2D eigenvalue weighted by atomic mass is 35.5. The number of carbonyl (C=O) groups is 1. The molecule has 2 aromatic rings. The predicted molar refractivity (Wildman–Crippen MR) is 100 cm³/mol. The van der Waals surface area contributed by atoms with Gasteiger partial charge in [-0.3, -0.25) is 15.1 Å². The van der Waals surface area contributed by atoms with Crippen LogP contribution in [0.25, 0.3) is 0 Å². The zero-order chi connectivity index (χ0) is 16.8. The van der Waals surface area contributed by atoms with Gasteiger partial charge in [0.25, 0.3) is 5.91 Å². The third-order valence-corrected chi connectivity index (χ3v) is 3.67. The molecule has 0 saturated carbocycles. The third-order valence-electron chi connectivity index (χ3n) is 3.67. The monoisotopic (exact) mass is 360 g/mol. The number of hydrogen-bond donors (Lipinski definition) is 2. The van der Waals surface area contributed by atoms with Gasteiger partial charge in [0.1, 0.15) is 11.5 Å². The molecular formula is C18H21ClN4O2. The number of nitrogens with two attached hydrogens (primary N) is 1. The van der Waals surface area contributed by atoms with Crippen LogP contribution >= 0.6 is 12.4 Å². The van der Waals surface area contributed by atoms with E-state index in [-0.39, 0.29) is 24.3 Å². The molecule has 3 rings (SSSR count). The molecule has 0 bridgehead atoms. The van der Waals surface area contributed by atoms with Gasteiger partial charge in [-0.1, -0.05) is 18.2 Å². The van der Waals surface area contributed by atoms with Crippen LogP contribution in [-0.2, 0) is 0 Å². The van der Waals surface area contributed by atoms with Gasteiger partial charge in [0, 0.05) is 18.7 Å². The second-order valence-electron chi connectivity index (χ2n) is 5.54. The Hall–Kier alpha value is -2.73. The summed E-state index contributed by atoms with van der Waals surface area (Å²) in [6.45, 7) is 1.75. The highest BCUT2D eigenvalue weighted by Crippen LogP contribution is 2.21. The van der Waals surface area contributed by atoms with Gasteiger partial charge in [0.2, 0.25) is 5.96 Å². The van der Waals surface area contributed by atoms with Gasteiger partial charge in [-0.15, -0.1) is 17.5 Å². The van der Waals surface area contributed by atoms with Gasteiger partial charge in [0.05, 0.1) is 0 Å². The van der Waals surface area contributed by atoms with Gasteiger partial charge >= 0.3 is 0 Å². The predicted octanol–water partition coefficient (Wildman–Crippen LogP) is 2.96. The number of hydrazone groups is 1. The van der Waals surface area contributed by atoms with Crippen LogP contribution in [0.1, 0.15) is 23.2 Å². The third kappa shape index (κ3) is 5.39. The van der Waals surface area contributed by atoms with E-state index in [1.54, 1.807) is 24.3 Å². The Balaban J connectivity index is 0.00000225. The summed E-state index contributed by atoms with van der Waals surface area (Å²) in [7, 11) is 0. The maximum Gasteiger partial charge on any atom is 0.257 e. The van der Waals surface area contributed by atoms with E-state index in [1.165, 1.54) is 0 Å². The van der Waals surface area contributed by atoms with E-state index in [2.05, 4.69) is 10.4 Å². The molecule has 2 aromatic carbocycles. The minimum Gasteiger partial charge on any atom is -0.457 e. The molecule has 1 heterocycles. The first-order valence-electron chi connectivity index (χ1n) is 7.94. The van der Waals surface area contributed by atoms with Crippen LogP contribution in [0.3, 0.4) is 0 Å². The topological polar surface area (TPSA) is 80.0 Å². The van der Waals surface area contributed by atoms with Crippen molar-refractivity contribution in [1.29, 1.82) is 0 Å². The Morgan fingerprint density at radius 1 is 1.00 bits per heavy atom. The van der Waals surface area contributed by atoms with Crippen LogP contribution < -0.4 is 15.8 Å². The molecule has 0 spiro atoms. The Morgan fingerprint density at radius 2 is 1.60 bits per heavy atom. The standard InChI is InChI=1S/C18H20N4O2.ClH/c19-18(21-22-12-4-5-13-22)20-17(23)14-8-10-16(11-9-14)24-15-6-2-1-3-7-15;/h1-3,6-11H,4-5,12-13H2,(H3,19,20,21,23);1H. The largest absolute Gasteiger partial charge is 0.457 e. The van der Waals surface area contributed by atoms with Crippen molar-refractivity contribution in [2.45, 2.75) is 12.8 Å². The number of amides is 1. The number of guanidine groups is 1. The number of carbonyl (C=O) groups excluding carboxylic acids is 1. The number of halogens is 1. The summed E-state index contributed by atoms with van der Waals surface area (Å²) in [5.74, 6) is 1.24. The van der Waals surface area contributed by atoms with Crippen LogP contribution in [0.4, 0.5) is 0 Å². The minimum absolute atomic E-state index is 0. The van der Waals surface area contributed by atoms with Crippen LogP contribution in [0, 0.1) is 0 Å². The number of nitrogens with one attached hydrogen (secondary N) is 1. The fraction of sp³-hybridized carbons (Fsp3) is 0.222. The molecule has 1 saturated heterocycles. The average molecular weight is 361 g/mol. The molecule has 3 N–H and O–H groups in total. The maximum absolute atomic E-state index is 12.2.